The number of rotatable bonds is 4. The third kappa shape index (κ3) is 4.47. The molecule has 2 bridgehead atoms. The van der Waals surface area contributed by atoms with E-state index in [-0.39, 0.29) is 35.4 Å². The molecule has 1 unspecified atom stereocenters. The summed E-state index contributed by atoms with van der Waals surface area (Å²) in [6.45, 7) is 0.978. The first kappa shape index (κ1) is 23.7. The van der Waals surface area contributed by atoms with Crippen molar-refractivity contribution >= 4 is 5.91 Å². The van der Waals surface area contributed by atoms with Gasteiger partial charge in [0.05, 0.1) is 6.04 Å². The Morgan fingerprint density at radius 3 is 2.53 bits per heavy atom. The average Bonchev–Trinajstić information content (AvgIpc) is 2.99. The highest BCUT2D eigenvalue weighted by Crippen LogP contribution is 2.34. The zero-order chi connectivity index (χ0) is 25.9. The Hall–Kier alpha value is -4.65. The molecule has 4 aromatic rings. The Kier molecular flexibility index (Phi) is 6.48. The molecule has 2 aromatic heterocycles. The van der Waals surface area contributed by atoms with Crippen molar-refractivity contribution in [1.82, 2.24) is 14.6 Å². The number of hydrogen-bond donors (Lipinski definition) is 0. The van der Waals surface area contributed by atoms with E-state index < -0.39 is 0 Å². The van der Waals surface area contributed by atoms with E-state index >= 15 is 0 Å². The highest BCUT2D eigenvalue weighted by atomic mass is 16.5. The average molecular weight is 505 g/mol. The fourth-order valence-corrected chi connectivity index (χ4v) is 5.24. The summed E-state index contributed by atoms with van der Waals surface area (Å²) in [5, 5.41) is 2.14. The van der Waals surface area contributed by atoms with Gasteiger partial charge in [-0.3, -0.25) is 24.3 Å². The summed E-state index contributed by atoms with van der Waals surface area (Å²) in [7, 11) is 0. The third-order valence-electron chi connectivity index (χ3n) is 7.09. The fourth-order valence-electron chi connectivity index (χ4n) is 5.24. The molecule has 2 aromatic carbocycles. The molecule has 38 heavy (non-hydrogen) atoms. The van der Waals surface area contributed by atoms with E-state index in [1.54, 1.807) is 23.5 Å². The van der Waals surface area contributed by atoms with Gasteiger partial charge in [0, 0.05) is 31.2 Å². The summed E-state index contributed by atoms with van der Waals surface area (Å²) >= 11 is 0. The molecule has 6 rings (SSSR count). The Balaban J connectivity index is 1.54. The van der Waals surface area contributed by atoms with E-state index in [0.717, 1.165) is 29.5 Å². The maximum atomic E-state index is 13.9. The Morgan fingerprint density at radius 2 is 1.68 bits per heavy atom. The topological polar surface area (TPSA) is 67.7 Å². The molecule has 0 N–H and O–H groups in total. The van der Waals surface area contributed by atoms with E-state index in [0.29, 0.717) is 13.2 Å². The van der Waals surface area contributed by atoms with Crippen molar-refractivity contribution in [2.24, 2.45) is 0 Å². The summed E-state index contributed by atoms with van der Waals surface area (Å²) in [6, 6.07) is 23.4. The molecule has 190 valence electrons. The number of hydrogen-bond acceptors (Lipinski definition) is 5. The summed E-state index contributed by atoms with van der Waals surface area (Å²) in [4.78, 5) is 33.0. The van der Waals surface area contributed by atoms with Gasteiger partial charge in [-0.05, 0) is 47.2 Å². The second kappa shape index (κ2) is 10.4. The Morgan fingerprint density at radius 1 is 0.895 bits per heavy atom. The number of allylic oxidation sites excluding steroid dienone is 1. The predicted octanol–water partition coefficient (Wildman–Crippen LogP) is 4.47. The number of carbonyl (C=O) groups excluding carboxylic acids is 1. The third-order valence-corrected chi connectivity index (χ3v) is 7.09. The largest absolute Gasteiger partial charge is 0.482 e. The van der Waals surface area contributed by atoms with Crippen molar-refractivity contribution in [2.75, 3.05) is 18.2 Å². The van der Waals surface area contributed by atoms with E-state index in [4.69, 9.17) is 4.74 Å². The minimum atomic E-state index is -0.317. The second-order valence-corrected chi connectivity index (χ2v) is 9.48. The minimum absolute atomic E-state index is 0.0664. The van der Waals surface area contributed by atoms with Crippen LogP contribution >= 0.6 is 0 Å². The first-order valence-corrected chi connectivity index (χ1v) is 12.8. The molecule has 2 aliphatic heterocycles. The Bertz CT molecular complexity index is 1530. The molecule has 2 aliphatic rings. The number of aryl methyl sites for hydroxylation is 1. The smallest absolute Gasteiger partial charge is 0.278 e. The first-order valence-electron chi connectivity index (χ1n) is 12.8. The number of pyridine rings is 2. The van der Waals surface area contributed by atoms with Crippen LogP contribution in [-0.4, -0.2) is 33.7 Å². The van der Waals surface area contributed by atoms with Gasteiger partial charge in [0.1, 0.15) is 13.3 Å². The molecule has 0 radical (unpaired) electrons. The van der Waals surface area contributed by atoms with E-state index in [1.807, 2.05) is 53.2 Å². The van der Waals surface area contributed by atoms with Crippen molar-refractivity contribution in [3.8, 4) is 5.75 Å². The highest BCUT2D eigenvalue weighted by molar-refractivity contribution is 5.96. The summed E-state index contributed by atoms with van der Waals surface area (Å²) in [5.74, 6) is -0.163. The van der Waals surface area contributed by atoms with Gasteiger partial charge in [-0.25, -0.2) is 0 Å². The molecular formula is C31H28N4O3. The van der Waals surface area contributed by atoms with Crippen LogP contribution < -0.4 is 15.2 Å². The maximum absolute atomic E-state index is 13.9. The van der Waals surface area contributed by atoms with Gasteiger partial charge >= 0.3 is 0 Å². The zero-order valence-corrected chi connectivity index (χ0v) is 20.9. The lowest BCUT2D eigenvalue weighted by molar-refractivity contribution is 0.0698. The number of aromatic nitrogens is 2. The standard InChI is InChI=1S/C31H28N4O3/c36-27-16-20-34-29(30(27)38-21-23-9-3-1-4-10-23)31(37)33-19-8-2-5-11-24-12-6-7-13-26(24)28(35(34)22-33)25-14-17-32-18-15-25/h1-4,6-10,12-18,20,28H,5,11,19,21-22H2/b8-2-. The molecule has 4 heterocycles. The van der Waals surface area contributed by atoms with Crippen LogP contribution in [0.3, 0.4) is 0 Å². The lowest BCUT2D eigenvalue weighted by Gasteiger charge is -2.44. The molecule has 0 saturated carbocycles. The van der Waals surface area contributed by atoms with Gasteiger partial charge < -0.3 is 9.64 Å². The second-order valence-electron chi connectivity index (χ2n) is 9.48. The lowest BCUT2D eigenvalue weighted by atomic mass is 9.92. The van der Waals surface area contributed by atoms with E-state index in [1.165, 1.54) is 11.6 Å². The quantitative estimate of drug-likeness (QED) is 0.384. The van der Waals surface area contributed by atoms with Gasteiger partial charge in [0.15, 0.2) is 11.4 Å². The minimum Gasteiger partial charge on any atom is -0.482 e. The van der Waals surface area contributed by atoms with Crippen molar-refractivity contribution in [3.63, 3.8) is 0 Å². The molecule has 1 atom stereocenters. The van der Waals surface area contributed by atoms with Crippen LogP contribution in [0.2, 0.25) is 0 Å². The van der Waals surface area contributed by atoms with Gasteiger partial charge in [-0.2, -0.15) is 0 Å². The SMILES string of the molecule is O=C1c2c(OCc3ccccc3)c(=O)ccn2N2CN1C/C=C\CCc1ccccc1C2c1ccncc1. The lowest BCUT2D eigenvalue weighted by Crippen LogP contribution is -2.55. The van der Waals surface area contributed by atoms with Crippen LogP contribution in [0.25, 0.3) is 0 Å². The normalized spacial score (nSPS) is 17.7. The van der Waals surface area contributed by atoms with Gasteiger partial charge in [0.2, 0.25) is 5.43 Å². The van der Waals surface area contributed by atoms with Crippen molar-refractivity contribution in [1.29, 1.82) is 0 Å². The summed E-state index contributed by atoms with van der Waals surface area (Å²) in [6.07, 6.45) is 11.2. The molecule has 7 heteroatoms. The Labute approximate surface area is 221 Å². The number of carbonyl (C=O) groups is 1. The highest BCUT2D eigenvalue weighted by Gasteiger charge is 2.37. The van der Waals surface area contributed by atoms with E-state index in [9.17, 15) is 9.59 Å². The monoisotopic (exact) mass is 504 g/mol. The summed E-state index contributed by atoms with van der Waals surface area (Å²) in [5.41, 5.74) is 4.29. The van der Waals surface area contributed by atoms with Crippen molar-refractivity contribution < 1.29 is 9.53 Å². The molecule has 0 spiro atoms. The van der Waals surface area contributed by atoms with Crippen molar-refractivity contribution in [3.05, 3.63) is 142 Å². The van der Waals surface area contributed by atoms with Crippen LogP contribution in [0.4, 0.5) is 0 Å². The molecule has 0 saturated heterocycles. The molecule has 0 aliphatic carbocycles. The fraction of sp³-hybridized carbons (Fsp3) is 0.194. The number of amides is 1. The zero-order valence-electron chi connectivity index (χ0n) is 20.9. The van der Waals surface area contributed by atoms with Gasteiger partial charge in [-0.1, -0.05) is 66.7 Å². The number of ether oxygens (including phenoxy) is 1. The number of benzene rings is 2. The molecule has 7 nitrogen and oxygen atoms in total. The van der Waals surface area contributed by atoms with Crippen LogP contribution in [0.5, 0.6) is 5.75 Å². The number of nitrogens with zero attached hydrogens (tertiary/aromatic N) is 4. The van der Waals surface area contributed by atoms with Crippen LogP contribution in [-0.2, 0) is 13.0 Å². The maximum Gasteiger partial charge on any atom is 0.278 e. The molecule has 1 amide bonds. The van der Waals surface area contributed by atoms with E-state index in [2.05, 4.69) is 40.3 Å². The predicted molar refractivity (Wildman–Crippen MR) is 146 cm³/mol. The van der Waals surface area contributed by atoms with Crippen LogP contribution in [0.15, 0.2) is 108 Å². The first-order chi connectivity index (χ1) is 18.7. The van der Waals surface area contributed by atoms with Gasteiger partial charge in [-0.15, -0.1) is 0 Å². The molecule has 0 fully saturated rings. The summed E-state index contributed by atoms with van der Waals surface area (Å²) < 4.78 is 7.89. The van der Waals surface area contributed by atoms with Crippen LogP contribution in [0.1, 0.15) is 45.2 Å². The van der Waals surface area contributed by atoms with Crippen molar-refractivity contribution in [2.45, 2.75) is 25.5 Å². The van der Waals surface area contributed by atoms with Gasteiger partial charge in [0.25, 0.3) is 5.91 Å². The van der Waals surface area contributed by atoms with Crippen LogP contribution in [0, 0.1) is 0 Å². The molecular weight excluding hydrogens is 476 g/mol. The number of fused-ring (bicyclic) bond motifs is 5.